The van der Waals surface area contributed by atoms with Crippen LogP contribution in [0.15, 0.2) is 23.1 Å². The molecule has 1 aliphatic rings. The van der Waals surface area contributed by atoms with E-state index in [1.807, 2.05) is 0 Å². The highest BCUT2D eigenvalue weighted by atomic mass is 16.1. The van der Waals surface area contributed by atoms with Crippen molar-refractivity contribution >= 4 is 17.0 Å². The molecule has 0 saturated carbocycles. The summed E-state index contributed by atoms with van der Waals surface area (Å²) in [5, 5.41) is 3.79. The molecule has 0 unspecified atom stereocenters. The van der Waals surface area contributed by atoms with Crippen LogP contribution < -0.4 is 15.8 Å². The Morgan fingerprint density at radius 2 is 2.12 bits per heavy atom. The summed E-state index contributed by atoms with van der Waals surface area (Å²) in [6, 6.07) is 3.47. The molecule has 6 heteroatoms. The second-order valence-corrected chi connectivity index (χ2v) is 4.00. The lowest BCUT2D eigenvalue weighted by atomic mass is 10.3. The molecule has 0 spiro atoms. The van der Waals surface area contributed by atoms with Crippen LogP contribution in [0.25, 0.3) is 11.0 Å². The SMILES string of the molecule is O=c1[nH]c(N2CCNCC2)nc2ncccc12. The molecule has 0 amide bonds. The standard InChI is InChI=1S/C11H13N5O/c17-10-8-2-1-3-13-9(8)14-11(15-10)16-6-4-12-5-7-16/h1-3,12H,4-7H2,(H,13,14,15,17). The molecule has 3 rings (SSSR count). The van der Waals surface area contributed by atoms with Crippen molar-refractivity contribution in [1.82, 2.24) is 20.3 Å². The smallest absolute Gasteiger partial charge is 0.261 e. The van der Waals surface area contributed by atoms with Crippen molar-refractivity contribution < 1.29 is 0 Å². The zero-order valence-electron chi connectivity index (χ0n) is 9.31. The Balaban J connectivity index is 2.08. The maximum absolute atomic E-state index is 11.9. The number of piperazine rings is 1. The summed E-state index contributed by atoms with van der Waals surface area (Å²) < 4.78 is 0. The number of hydrogen-bond acceptors (Lipinski definition) is 5. The second-order valence-electron chi connectivity index (χ2n) is 4.00. The molecule has 2 aromatic heterocycles. The summed E-state index contributed by atoms with van der Waals surface area (Å²) in [5.41, 5.74) is 0.376. The maximum atomic E-state index is 11.9. The highest BCUT2D eigenvalue weighted by molar-refractivity contribution is 5.74. The number of hydrogen-bond donors (Lipinski definition) is 2. The number of H-pyrrole nitrogens is 1. The minimum atomic E-state index is -0.128. The van der Waals surface area contributed by atoms with E-state index < -0.39 is 0 Å². The molecule has 88 valence electrons. The minimum absolute atomic E-state index is 0.128. The molecule has 0 radical (unpaired) electrons. The third-order valence-corrected chi connectivity index (χ3v) is 2.88. The van der Waals surface area contributed by atoms with Crippen LogP contribution in [0.1, 0.15) is 0 Å². The molecular weight excluding hydrogens is 218 g/mol. The average Bonchev–Trinajstić information content (AvgIpc) is 2.40. The van der Waals surface area contributed by atoms with Crippen LogP contribution in [-0.2, 0) is 0 Å². The van der Waals surface area contributed by atoms with E-state index in [1.165, 1.54) is 0 Å². The van der Waals surface area contributed by atoms with Crippen molar-refractivity contribution in [2.75, 3.05) is 31.1 Å². The van der Waals surface area contributed by atoms with Crippen molar-refractivity contribution in [3.63, 3.8) is 0 Å². The predicted octanol–water partition coefficient (Wildman–Crippen LogP) is -0.272. The minimum Gasteiger partial charge on any atom is -0.340 e. The van der Waals surface area contributed by atoms with E-state index in [1.54, 1.807) is 18.3 Å². The number of pyridine rings is 1. The van der Waals surface area contributed by atoms with Crippen LogP contribution in [0.5, 0.6) is 0 Å². The highest BCUT2D eigenvalue weighted by Crippen LogP contribution is 2.09. The van der Waals surface area contributed by atoms with Gasteiger partial charge in [0.05, 0.1) is 5.39 Å². The lowest BCUT2D eigenvalue weighted by Crippen LogP contribution is -2.44. The third-order valence-electron chi connectivity index (χ3n) is 2.88. The monoisotopic (exact) mass is 231 g/mol. The predicted molar refractivity (Wildman–Crippen MR) is 65.2 cm³/mol. The van der Waals surface area contributed by atoms with E-state index in [2.05, 4.69) is 25.2 Å². The molecule has 0 aromatic carbocycles. The Morgan fingerprint density at radius 1 is 1.29 bits per heavy atom. The summed E-state index contributed by atoms with van der Waals surface area (Å²) in [6.45, 7) is 3.51. The molecule has 1 saturated heterocycles. The largest absolute Gasteiger partial charge is 0.340 e. The number of anilines is 1. The van der Waals surface area contributed by atoms with E-state index in [0.717, 1.165) is 26.2 Å². The van der Waals surface area contributed by atoms with Gasteiger partial charge in [0.1, 0.15) is 0 Å². The van der Waals surface area contributed by atoms with Crippen molar-refractivity contribution in [2.45, 2.75) is 0 Å². The molecule has 2 aromatic rings. The van der Waals surface area contributed by atoms with Crippen LogP contribution in [-0.4, -0.2) is 41.1 Å². The van der Waals surface area contributed by atoms with Crippen LogP contribution in [0.2, 0.25) is 0 Å². The number of aromatic amines is 1. The summed E-state index contributed by atoms with van der Waals surface area (Å²) in [7, 11) is 0. The molecule has 1 aliphatic heterocycles. The molecule has 6 nitrogen and oxygen atoms in total. The van der Waals surface area contributed by atoms with Gasteiger partial charge in [0, 0.05) is 32.4 Å². The zero-order valence-corrected chi connectivity index (χ0v) is 9.31. The van der Waals surface area contributed by atoms with Gasteiger partial charge in [-0.05, 0) is 12.1 Å². The fraction of sp³-hybridized carbons (Fsp3) is 0.364. The molecule has 0 atom stereocenters. The lowest BCUT2D eigenvalue weighted by Gasteiger charge is -2.27. The lowest BCUT2D eigenvalue weighted by molar-refractivity contribution is 0.580. The van der Waals surface area contributed by atoms with Gasteiger partial charge in [-0.3, -0.25) is 9.78 Å². The normalized spacial score (nSPS) is 16.4. The van der Waals surface area contributed by atoms with Crippen molar-refractivity contribution in [3.8, 4) is 0 Å². The Hall–Kier alpha value is -1.95. The fourth-order valence-electron chi connectivity index (χ4n) is 1.99. The van der Waals surface area contributed by atoms with Crippen LogP contribution >= 0.6 is 0 Å². The van der Waals surface area contributed by atoms with Crippen molar-refractivity contribution in [1.29, 1.82) is 0 Å². The van der Waals surface area contributed by atoms with Crippen LogP contribution in [0, 0.1) is 0 Å². The molecule has 2 N–H and O–H groups in total. The van der Waals surface area contributed by atoms with Gasteiger partial charge in [0.25, 0.3) is 5.56 Å². The first kappa shape index (κ1) is 10.2. The van der Waals surface area contributed by atoms with E-state index in [4.69, 9.17) is 0 Å². The van der Waals surface area contributed by atoms with E-state index in [-0.39, 0.29) is 5.56 Å². The highest BCUT2D eigenvalue weighted by Gasteiger charge is 2.14. The number of nitrogens with one attached hydrogen (secondary N) is 2. The maximum Gasteiger partial charge on any atom is 0.261 e. The van der Waals surface area contributed by atoms with E-state index in [0.29, 0.717) is 17.0 Å². The summed E-state index contributed by atoms with van der Waals surface area (Å²) in [6.07, 6.45) is 1.65. The first-order valence-corrected chi connectivity index (χ1v) is 5.65. The van der Waals surface area contributed by atoms with Crippen molar-refractivity contribution in [3.05, 3.63) is 28.7 Å². The van der Waals surface area contributed by atoms with Gasteiger partial charge in [-0.15, -0.1) is 0 Å². The summed E-state index contributed by atoms with van der Waals surface area (Å²) in [5.74, 6) is 0.614. The Kier molecular flexibility index (Phi) is 2.49. The second kappa shape index (κ2) is 4.14. The van der Waals surface area contributed by atoms with E-state index >= 15 is 0 Å². The van der Waals surface area contributed by atoms with Gasteiger partial charge in [-0.2, -0.15) is 4.98 Å². The number of fused-ring (bicyclic) bond motifs is 1. The molecule has 1 fully saturated rings. The summed E-state index contributed by atoms with van der Waals surface area (Å²) >= 11 is 0. The zero-order chi connectivity index (χ0) is 11.7. The first-order valence-electron chi connectivity index (χ1n) is 5.65. The van der Waals surface area contributed by atoms with E-state index in [9.17, 15) is 4.79 Å². The number of nitrogens with zero attached hydrogens (tertiary/aromatic N) is 3. The molecule has 3 heterocycles. The molecule has 17 heavy (non-hydrogen) atoms. The van der Waals surface area contributed by atoms with Gasteiger partial charge in [-0.1, -0.05) is 0 Å². The van der Waals surface area contributed by atoms with Crippen LogP contribution in [0.3, 0.4) is 0 Å². The number of rotatable bonds is 1. The van der Waals surface area contributed by atoms with Gasteiger partial charge < -0.3 is 10.2 Å². The molecular formula is C11H13N5O. The Morgan fingerprint density at radius 3 is 2.94 bits per heavy atom. The fourth-order valence-corrected chi connectivity index (χ4v) is 1.99. The van der Waals surface area contributed by atoms with Crippen LogP contribution in [0.4, 0.5) is 5.95 Å². The third kappa shape index (κ3) is 1.87. The van der Waals surface area contributed by atoms with Gasteiger partial charge in [0.2, 0.25) is 5.95 Å². The van der Waals surface area contributed by atoms with Gasteiger partial charge >= 0.3 is 0 Å². The first-order chi connectivity index (χ1) is 8.34. The topological polar surface area (TPSA) is 73.9 Å². The van der Waals surface area contributed by atoms with Crippen molar-refractivity contribution in [2.24, 2.45) is 0 Å². The summed E-state index contributed by atoms with van der Waals surface area (Å²) in [4.78, 5) is 25.3. The average molecular weight is 231 g/mol. The number of aromatic nitrogens is 3. The Labute approximate surface area is 97.7 Å². The van der Waals surface area contributed by atoms with Gasteiger partial charge in [0.15, 0.2) is 5.65 Å². The Bertz CT molecular complexity index is 588. The molecule has 0 bridgehead atoms. The quantitative estimate of drug-likeness (QED) is 0.706. The molecule has 0 aliphatic carbocycles. The van der Waals surface area contributed by atoms with Gasteiger partial charge in [-0.25, -0.2) is 4.98 Å².